The van der Waals surface area contributed by atoms with Crippen LogP contribution in [-0.2, 0) is 9.47 Å². The number of ether oxygens (including phenoxy) is 2. The van der Waals surface area contributed by atoms with Crippen molar-refractivity contribution >= 4 is 0 Å². The van der Waals surface area contributed by atoms with Gasteiger partial charge in [-0.2, -0.15) is 26.3 Å². The lowest BCUT2D eigenvalue weighted by Crippen LogP contribution is -2.59. The molecule has 0 radical (unpaired) electrons. The first kappa shape index (κ1) is 13.2. The van der Waals surface area contributed by atoms with Gasteiger partial charge in [0.1, 0.15) is 5.60 Å². The Morgan fingerprint density at radius 1 is 1.00 bits per heavy atom. The van der Waals surface area contributed by atoms with Gasteiger partial charge in [-0.3, -0.25) is 0 Å². The first-order valence-corrected chi connectivity index (χ1v) is 5.76. The zero-order chi connectivity index (χ0) is 14.1. The second kappa shape index (κ2) is 3.46. The fraction of sp³-hybridized carbons (Fsp3) is 0.818. The fourth-order valence-electron chi connectivity index (χ4n) is 3.20. The normalized spacial score (nSPS) is 40.5. The lowest BCUT2D eigenvalue weighted by molar-refractivity contribution is -0.448. The molecule has 19 heavy (non-hydrogen) atoms. The molecule has 3 atom stereocenters. The summed E-state index contributed by atoms with van der Waals surface area (Å²) in [5.41, 5.74) is -1.50. The standard InChI is InChI=1S/C11H10F6O2/c12-10(13,14)9(11(15,16)17)18-5-8(19-9)4-6-1-2-7(8)3-6/h1-2,6-7H,3-5H2. The van der Waals surface area contributed by atoms with Gasteiger partial charge in [0, 0.05) is 5.92 Å². The van der Waals surface area contributed by atoms with Crippen LogP contribution >= 0.6 is 0 Å². The number of hydrogen-bond acceptors (Lipinski definition) is 2. The minimum atomic E-state index is -5.65. The molecular formula is C11H10F6O2. The van der Waals surface area contributed by atoms with Crippen molar-refractivity contribution in [2.45, 2.75) is 36.6 Å². The first-order chi connectivity index (χ1) is 8.60. The topological polar surface area (TPSA) is 18.5 Å². The number of halogens is 6. The molecule has 1 saturated heterocycles. The molecular weight excluding hydrogens is 278 g/mol. The molecule has 3 unspecified atom stereocenters. The maximum absolute atomic E-state index is 12.8. The molecule has 2 nitrogen and oxygen atoms in total. The Morgan fingerprint density at radius 3 is 2.00 bits per heavy atom. The van der Waals surface area contributed by atoms with Crippen LogP contribution in [0.4, 0.5) is 26.3 Å². The number of rotatable bonds is 0. The van der Waals surface area contributed by atoms with Crippen molar-refractivity contribution in [2.24, 2.45) is 11.8 Å². The van der Waals surface area contributed by atoms with E-state index in [2.05, 4.69) is 9.47 Å². The molecule has 8 heteroatoms. The van der Waals surface area contributed by atoms with Crippen LogP contribution in [0.15, 0.2) is 12.2 Å². The quantitative estimate of drug-likeness (QED) is 0.503. The van der Waals surface area contributed by atoms with E-state index in [1.54, 1.807) is 12.2 Å². The monoisotopic (exact) mass is 288 g/mol. The average Bonchev–Trinajstić information content (AvgIpc) is 2.89. The van der Waals surface area contributed by atoms with E-state index in [1.165, 1.54) is 0 Å². The zero-order valence-electron chi connectivity index (χ0n) is 9.52. The van der Waals surface area contributed by atoms with Crippen molar-refractivity contribution in [3.63, 3.8) is 0 Å². The average molecular weight is 288 g/mol. The number of hydrogen-bond donors (Lipinski definition) is 0. The van der Waals surface area contributed by atoms with E-state index in [9.17, 15) is 26.3 Å². The Bertz CT molecular complexity index is 412. The van der Waals surface area contributed by atoms with E-state index < -0.39 is 36.3 Å². The van der Waals surface area contributed by atoms with Gasteiger partial charge in [0.15, 0.2) is 0 Å². The van der Waals surface area contributed by atoms with Crippen molar-refractivity contribution in [3.05, 3.63) is 12.2 Å². The second-order valence-electron chi connectivity index (χ2n) is 5.26. The SMILES string of the molecule is FC(F)(F)C1(C(F)(F)F)OCC2(CC3C=CC2C3)O1. The van der Waals surface area contributed by atoms with Crippen LogP contribution in [0.2, 0.25) is 0 Å². The van der Waals surface area contributed by atoms with Crippen LogP contribution < -0.4 is 0 Å². The summed E-state index contributed by atoms with van der Waals surface area (Å²) in [6.45, 7) is -0.683. The van der Waals surface area contributed by atoms with Gasteiger partial charge in [0.25, 0.3) is 0 Å². The molecule has 3 rings (SSSR count). The summed E-state index contributed by atoms with van der Waals surface area (Å²) >= 11 is 0. The molecule has 3 aliphatic rings. The summed E-state index contributed by atoms with van der Waals surface area (Å²) in [6, 6.07) is 0. The highest BCUT2D eigenvalue weighted by Crippen LogP contribution is 2.59. The molecule has 1 spiro atoms. The molecule has 0 aromatic heterocycles. The molecule has 0 amide bonds. The smallest absolute Gasteiger partial charge is 0.332 e. The first-order valence-electron chi connectivity index (χ1n) is 5.76. The Morgan fingerprint density at radius 2 is 1.63 bits per heavy atom. The third-order valence-electron chi connectivity index (χ3n) is 4.07. The highest BCUT2D eigenvalue weighted by Gasteiger charge is 2.80. The number of alkyl halides is 6. The second-order valence-corrected chi connectivity index (χ2v) is 5.26. The lowest BCUT2D eigenvalue weighted by atomic mass is 9.89. The van der Waals surface area contributed by atoms with Gasteiger partial charge >= 0.3 is 18.1 Å². The molecule has 0 aromatic carbocycles. The summed E-state index contributed by atoms with van der Waals surface area (Å²) in [6.07, 6.45) is -7.21. The van der Waals surface area contributed by atoms with Crippen molar-refractivity contribution in [3.8, 4) is 0 Å². The van der Waals surface area contributed by atoms with Crippen LogP contribution in [0, 0.1) is 11.8 Å². The third kappa shape index (κ3) is 1.59. The van der Waals surface area contributed by atoms with E-state index in [0.717, 1.165) is 0 Å². The number of fused-ring (bicyclic) bond motifs is 3. The van der Waals surface area contributed by atoms with Gasteiger partial charge in [-0.15, -0.1) is 0 Å². The van der Waals surface area contributed by atoms with Crippen molar-refractivity contribution in [1.29, 1.82) is 0 Å². The maximum atomic E-state index is 12.8. The molecule has 2 aliphatic carbocycles. The minimum absolute atomic E-state index is 0.0223. The Kier molecular flexibility index (Phi) is 2.41. The fourth-order valence-corrected chi connectivity index (χ4v) is 3.20. The van der Waals surface area contributed by atoms with E-state index in [-0.39, 0.29) is 12.3 Å². The highest BCUT2D eigenvalue weighted by atomic mass is 19.4. The summed E-state index contributed by atoms with van der Waals surface area (Å²) in [5, 5.41) is 0. The van der Waals surface area contributed by atoms with E-state index in [1.807, 2.05) is 0 Å². The summed E-state index contributed by atoms with van der Waals surface area (Å²) in [5.74, 6) is -4.95. The maximum Gasteiger partial charge on any atom is 0.453 e. The van der Waals surface area contributed by atoms with Crippen LogP contribution in [0.25, 0.3) is 0 Å². The van der Waals surface area contributed by atoms with Gasteiger partial charge in [-0.1, -0.05) is 12.2 Å². The molecule has 2 fully saturated rings. The zero-order valence-corrected chi connectivity index (χ0v) is 9.52. The van der Waals surface area contributed by atoms with Gasteiger partial charge < -0.3 is 9.47 Å². The Labute approximate surface area is 104 Å². The Hall–Kier alpha value is -0.760. The summed E-state index contributed by atoms with van der Waals surface area (Å²) in [4.78, 5) is 0. The molecule has 1 aliphatic heterocycles. The van der Waals surface area contributed by atoms with Gasteiger partial charge in [-0.25, -0.2) is 0 Å². The van der Waals surface area contributed by atoms with Crippen LogP contribution in [0.1, 0.15) is 12.8 Å². The predicted molar refractivity (Wildman–Crippen MR) is 50.0 cm³/mol. The largest absolute Gasteiger partial charge is 0.453 e. The summed E-state index contributed by atoms with van der Waals surface area (Å²) in [7, 11) is 0. The van der Waals surface area contributed by atoms with Crippen molar-refractivity contribution in [2.75, 3.05) is 6.61 Å². The number of allylic oxidation sites excluding steroid dienone is 1. The van der Waals surface area contributed by atoms with Gasteiger partial charge in [-0.05, 0) is 18.8 Å². The highest BCUT2D eigenvalue weighted by molar-refractivity contribution is 5.19. The summed E-state index contributed by atoms with van der Waals surface area (Å²) < 4.78 is 85.5. The molecule has 1 saturated carbocycles. The van der Waals surface area contributed by atoms with Crippen molar-refractivity contribution in [1.82, 2.24) is 0 Å². The van der Waals surface area contributed by atoms with Crippen LogP contribution in [0.3, 0.4) is 0 Å². The predicted octanol–water partition coefficient (Wildman–Crippen LogP) is 3.19. The third-order valence-corrected chi connectivity index (χ3v) is 4.07. The van der Waals surface area contributed by atoms with Crippen LogP contribution in [0.5, 0.6) is 0 Å². The molecule has 2 bridgehead atoms. The van der Waals surface area contributed by atoms with Gasteiger partial charge in [0.2, 0.25) is 0 Å². The van der Waals surface area contributed by atoms with Gasteiger partial charge in [0.05, 0.1) is 6.61 Å². The molecule has 108 valence electrons. The van der Waals surface area contributed by atoms with E-state index >= 15 is 0 Å². The molecule has 1 heterocycles. The van der Waals surface area contributed by atoms with E-state index in [4.69, 9.17) is 0 Å². The molecule has 0 N–H and O–H groups in total. The van der Waals surface area contributed by atoms with E-state index in [0.29, 0.717) is 6.42 Å². The lowest BCUT2D eigenvalue weighted by Gasteiger charge is -2.35. The van der Waals surface area contributed by atoms with Crippen molar-refractivity contribution < 1.29 is 35.8 Å². The Balaban J connectivity index is 1.97. The minimum Gasteiger partial charge on any atom is -0.332 e. The van der Waals surface area contributed by atoms with Crippen LogP contribution in [-0.4, -0.2) is 30.3 Å². The molecule has 0 aromatic rings.